The molecule has 1 N–H and O–H groups in total. The quantitative estimate of drug-likeness (QED) is 0.888. The zero-order valence-electron chi connectivity index (χ0n) is 9.24. The van der Waals surface area contributed by atoms with Crippen molar-refractivity contribution >= 4 is 5.69 Å². The number of hydrogen-bond donors (Lipinski definition) is 1. The van der Waals surface area contributed by atoms with Crippen LogP contribution in [-0.2, 0) is 6.54 Å². The lowest BCUT2D eigenvalue weighted by atomic mass is 10.3. The van der Waals surface area contributed by atoms with Crippen LogP contribution in [0.3, 0.4) is 0 Å². The topological polar surface area (TPSA) is 37.8 Å². The molecule has 0 amide bonds. The van der Waals surface area contributed by atoms with Crippen LogP contribution in [0, 0.1) is 18.6 Å². The zero-order valence-corrected chi connectivity index (χ0v) is 9.24. The van der Waals surface area contributed by atoms with Gasteiger partial charge in [0, 0.05) is 18.0 Å². The first-order valence-electron chi connectivity index (χ1n) is 5.12. The highest BCUT2D eigenvalue weighted by Crippen LogP contribution is 2.13. The van der Waals surface area contributed by atoms with Gasteiger partial charge in [0.15, 0.2) is 0 Å². The van der Waals surface area contributed by atoms with Gasteiger partial charge in [-0.25, -0.2) is 18.7 Å². The van der Waals surface area contributed by atoms with Crippen LogP contribution in [0.2, 0.25) is 0 Å². The molecule has 0 radical (unpaired) electrons. The van der Waals surface area contributed by atoms with Crippen molar-refractivity contribution < 1.29 is 8.78 Å². The van der Waals surface area contributed by atoms with E-state index in [-0.39, 0.29) is 0 Å². The fourth-order valence-electron chi connectivity index (χ4n) is 1.45. The summed E-state index contributed by atoms with van der Waals surface area (Å²) < 4.78 is 25.8. The molecule has 88 valence electrons. The smallest absolute Gasteiger partial charge is 0.128 e. The van der Waals surface area contributed by atoms with Crippen LogP contribution < -0.4 is 5.32 Å². The number of nitrogens with zero attached hydrogens (tertiary/aromatic N) is 2. The maximum absolute atomic E-state index is 12.9. The number of hydrogen-bond acceptors (Lipinski definition) is 3. The van der Waals surface area contributed by atoms with Crippen molar-refractivity contribution in [2.45, 2.75) is 13.5 Å². The molecule has 0 saturated carbocycles. The Hall–Kier alpha value is -2.04. The number of rotatable bonds is 3. The summed E-state index contributed by atoms with van der Waals surface area (Å²) in [6.07, 6.45) is 1.64. The molecule has 0 unspecified atom stereocenters. The van der Waals surface area contributed by atoms with Crippen LogP contribution in [0.4, 0.5) is 14.5 Å². The molecule has 2 rings (SSSR count). The van der Waals surface area contributed by atoms with Gasteiger partial charge in [0.25, 0.3) is 0 Å². The van der Waals surface area contributed by atoms with Crippen LogP contribution >= 0.6 is 0 Å². The van der Waals surface area contributed by atoms with E-state index in [0.717, 1.165) is 11.8 Å². The highest BCUT2D eigenvalue weighted by molar-refractivity contribution is 5.43. The zero-order chi connectivity index (χ0) is 12.3. The first-order chi connectivity index (χ1) is 8.13. The molecule has 3 nitrogen and oxygen atoms in total. The van der Waals surface area contributed by atoms with Gasteiger partial charge in [-0.1, -0.05) is 0 Å². The van der Waals surface area contributed by atoms with E-state index in [9.17, 15) is 8.78 Å². The number of benzene rings is 1. The van der Waals surface area contributed by atoms with Gasteiger partial charge in [-0.2, -0.15) is 0 Å². The van der Waals surface area contributed by atoms with Gasteiger partial charge < -0.3 is 5.32 Å². The van der Waals surface area contributed by atoms with E-state index in [1.807, 2.05) is 0 Å². The molecule has 5 heteroatoms. The van der Waals surface area contributed by atoms with Crippen LogP contribution in [0.15, 0.2) is 30.5 Å². The second-order valence-electron chi connectivity index (χ2n) is 3.61. The van der Waals surface area contributed by atoms with Crippen LogP contribution in [-0.4, -0.2) is 9.97 Å². The van der Waals surface area contributed by atoms with Crippen LogP contribution in [0.25, 0.3) is 0 Å². The SMILES string of the molecule is Cc1nccc(CNc2cc(F)cc(F)c2)n1. The Kier molecular flexibility index (Phi) is 3.27. The maximum atomic E-state index is 12.9. The first kappa shape index (κ1) is 11.4. The molecule has 1 heterocycles. The summed E-state index contributed by atoms with van der Waals surface area (Å²) in [5.74, 6) is -0.549. The van der Waals surface area contributed by atoms with Crippen molar-refractivity contribution in [3.63, 3.8) is 0 Å². The minimum atomic E-state index is -0.605. The van der Waals surface area contributed by atoms with Gasteiger partial charge in [-0.15, -0.1) is 0 Å². The van der Waals surface area contributed by atoms with Crippen LogP contribution in [0.5, 0.6) is 0 Å². The maximum Gasteiger partial charge on any atom is 0.128 e. The summed E-state index contributed by atoms with van der Waals surface area (Å²) in [5.41, 5.74) is 1.15. The molecule has 0 bridgehead atoms. The Balaban J connectivity index is 2.07. The van der Waals surface area contributed by atoms with Crippen molar-refractivity contribution in [3.05, 3.63) is 53.6 Å². The number of anilines is 1. The largest absolute Gasteiger partial charge is 0.379 e. The molecular weight excluding hydrogens is 224 g/mol. The van der Waals surface area contributed by atoms with Gasteiger partial charge in [-0.3, -0.25) is 0 Å². The van der Waals surface area contributed by atoms with E-state index >= 15 is 0 Å². The Bertz CT molecular complexity index is 509. The molecule has 1 aromatic heterocycles. The molecule has 0 atom stereocenters. The summed E-state index contributed by atoms with van der Waals surface area (Å²) in [4.78, 5) is 8.14. The van der Waals surface area contributed by atoms with Gasteiger partial charge >= 0.3 is 0 Å². The third-order valence-corrected chi connectivity index (χ3v) is 2.17. The van der Waals surface area contributed by atoms with E-state index in [2.05, 4.69) is 15.3 Å². The molecule has 0 aliphatic rings. The molecule has 0 fully saturated rings. The molecule has 0 aliphatic heterocycles. The standard InChI is InChI=1S/C12H11F2N3/c1-8-15-3-2-11(17-8)7-16-12-5-9(13)4-10(14)6-12/h2-6,16H,7H2,1H3. The van der Waals surface area contributed by atoms with E-state index < -0.39 is 11.6 Å². The predicted molar refractivity (Wildman–Crippen MR) is 60.5 cm³/mol. The molecule has 2 aromatic rings. The second-order valence-corrected chi connectivity index (χ2v) is 3.61. The molecular formula is C12H11F2N3. The fraction of sp³-hybridized carbons (Fsp3) is 0.167. The number of aromatic nitrogens is 2. The third-order valence-electron chi connectivity index (χ3n) is 2.17. The van der Waals surface area contributed by atoms with Crippen molar-refractivity contribution in [2.75, 3.05) is 5.32 Å². The second kappa shape index (κ2) is 4.86. The van der Waals surface area contributed by atoms with E-state index in [4.69, 9.17) is 0 Å². The van der Waals surface area contributed by atoms with E-state index in [1.165, 1.54) is 12.1 Å². The van der Waals surface area contributed by atoms with Crippen LogP contribution in [0.1, 0.15) is 11.5 Å². The van der Waals surface area contributed by atoms with Crippen molar-refractivity contribution in [3.8, 4) is 0 Å². The summed E-state index contributed by atoms with van der Waals surface area (Å²) >= 11 is 0. The Labute approximate surface area is 97.5 Å². The highest BCUT2D eigenvalue weighted by Gasteiger charge is 2.01. The van der Waals surface area contributed by atoms with Crippen molar-refractivity contribution in [2.24, 2.45) is 0 Å². The predicted octanol–water partition coefficient (Wildman–Crippen LogP) is 2.68. The number of aryl methyl sites for hydroxylation is 1. The normalized spacial score (nSPS) is 10.3. The van der Waals surface area contributed by atoms with E-state index in [0.29, 0.717) is 18.1 Å². The first-order valence-corrected chi connectivity index (χ1v) is 5.12. The van der Waals surface area contributed by atoms with Crippen molar-refractivity contribution in [1.82, 2.24) is 9.97 Å². The van der Waals surface area contributed by atoms with Gasteiger partial charge in [0.2, 0.25) is 0 Å². The molecule has 17 heavy (non-hydrogen) atoms. The van der Waals surface area contributed by atoms with E-state index in [1.54, 1.807) is 19.2 Å². The van der Waals surface area contributed by atoms with Gasteiger partial charge in [0.05, 0.1) is 12.2 Å². The number of halogens is 2. The number of nitrogens with one attached hydrogen (secondary N) is 1. The summed E-state index contributed by atoms with van der Waals surface area (Å²) in [5, 5.41) is 2.90. The average Bonchev–Trinajstić information content (AvgIpc) is 2.25. The summed E-state index contributed by atoms with van der Waals surface area (Å²) in [6, 6.07) is 5.05. The minimum absolute atomic E-state index is 0.388. The monoisotopic (exact) mass is 235 g/mol. The summed E-state index contributed by atoms with van der Waals surface area (Å²) in [6.45, 7) is 2.18. The Morgan fingerprint density at radius 2 is 1.88 bits per heavy atom. The van der Waals surface area contributed by atoms with Crippen molar-refractivity contribution in [1.29, 1.82) is 0 Å². The lowest BCUT2D eigenvalue weighted by Crippen LogP contribution is -2.03. The lowest BCUT2D eigenvalue weighted by molar-refractivity contribution is 0.584. The van der Waals surface area contributed by atoms with Gasteiger partial charge in [-0.05, 0) is 25.1 Å². The molecule has 0 saturated heterocycles. The average molecular weight is 235 g/mol. The Morgan fingerprint density at radius 1 is 1.18 bits per heavy atom. The Morgan fingerprint density at radius 3 is 2.53 bits per heavy atom. The highest BCUT2D eigenvalue weighted by atomic mass is 19.1. The lowest BCUT2D eigenvalue weighted by Gasteiger charge is -2.06. The fourth-order valence-corrected chi connectivity index (χ4v) is 1.45. The molecule has 0 aliphatic carbocycles. The third kappa shape index (κ3) is 3.21. The minimum Gasteiger partial charge on any atom is -0.379 e. The summed E-state index contributed by atoms with van der Waals surface area (Å²) in [7, 11) is 0. The molecule has 0 spiro atoms. The molecule has 1 aromatic carbocycles. The van der Waals surface area contributed by atoms with Gasteiger partial charge in [0.1, 0.15) is 17.5 Å².